The van der Waals surface area contributed by atoms with E-state index in [2.05, 4.69) is 15.2 Å². The molecule has 1 aromatic carbocycles. The molecule has 0 bridgehead atoms. The van der Waals surface area contributed by atoms with Crippen LogP contribution in [0, 0.1) is 5.82 Å². The number of aromatic nitrogens is 1. The van der Waals surface area contributed by atoms with Gasteiger partial charge in [-0.2, -0.15) is 0 Å². The monoisotopic (exact) mass is 328 g/mol. The molecule has 0 saturated carbocycles. The molecule has 0 aliphatic carbocycles. The summed E-state index contributed by atoms with van der Waals surface area (Å²) in [5, 5.41) is 2.93. The van der Waals surface area contributed by atoms with E-state index in [-0.39, 0.29) is 11.8 Å². The van der Waals surface area contributed by atoms with E-state index in [1.54, 1.807) is 12.4 Å². The summed E-state index contributed by atoms with van der Waals surface area (Å²) in [7, 11) is 0. The average Bonchev–Trinajstić information content (AvgIpc) is 2.63. The third-order valence-corrected chi connectivity index (χ3v) is 4.15. The number of rotatable bonds is 4. The lowest BCUT2D eigenvalue weighted by molar-refractivity contribution is 0.135. The van der Waals surface area contributed by atoms with Gasteiger partial charge in [0.25, 0.3) is 0 Å². The molecule has 5 nitrogen and oxygen atoms in total. The SMILES string of the molecule is O=C(NCc1cccnc1)N1CCN(Cc2ccc(F)cc2)CC1. The molecule has 1 N–H and O–H groups in total. The van der Waals surface area contributed by atoms with Gasteiger partial charge in [-0.25, -0.2) is 9.18 Å². The van der Waals surface area contributed by atoms with Crippen molar-refractivity contribution in [3.8, 4) is 0 Å². The molecule has 0 radical (unpaired) electrons. The van der Waals surface area contributed by atoms with E-state index in [0.29, 0.717) is 19.6 Å². The van der Waals surface area contributed by atoms with Crippen LogP contribution in [0.3, 0.4) is 0 Å². The zero-order valence-corrected chi connectivity index (χ0v) is 13.5. The van der Waals surface area contributed by atoms with Crippen LogP contribution < -0.4 is 5.32 Å². The lowest BCUT2D eigenvalue weighted by Crippen LogP contribution is -2.51. The molecule has 0 spiro atoms. The lowest BCUT2D eigenvalue weighted by Gasteiger charge is -2.34. The van der Waals surface area contributed by atoms with Gasteiger partial charge < -0.3 is 10.2 Å². The Kier molecular flexibility index (Phi) is 5.38. The van der Waals surface area contributed by atoms with Crippen molar-refractivity contribution in [2.24, 2.45) is 0 Å². The maximum atomic E-state index is 12.9. The molecular formula is C18H21FN4O. The van der Waals surface area contributed by atoms with Crippen LogP contribution in [-0.2, 0) is 13.1 Å². The molecule has 1 aliphatic heterocycles. The van der Waals surface area contributed by atoms with Gasteiger partial charge in [0.15, 0.2) is 0 Å². The van der Waals surface area contributed by atoms with Gasteiger partial charge >= 0.3 is 6.03 Å². The van der Waals surface area contributed by atoms with Crippen molar-refractivity contribution < 1.29 is 9.18 Å². The van der Waals surface area contributed by atoms with Gasteiger partial charge in [0.1, 0.15) is 5.82 Å². The Morgan fingerprint density at radius 2 is 1.83 bits per heavy atom. The number of amides is 2. The number of halogens is 1. The minimum Gasteiger partial charge on any atom is -0.334 e. The average molecular weight is 328 g/mol. The van der Waals surface area contributed by atoms with Crippen molar-refractivity contribution in [3.05, 3.63) is 65.7 Å². The fraction of sp³-hybridized carbons (Fsp3) is 0.333. The fourth-order valence-electron chi connectivity index (χ4n) is 2.75. The van der Waals surface area contributed by atoms with Crippen LogP contribution in [-0.4, -0.2) is 47.0 Å². The molecule has 126 valence electrons. The topological polar surface area (TPSA) is 48.5 Å². The fourth-order valence-corrected chi connectivity index (χ4v) is 2.75. The van der Waals surface area contributed by atoms with Gasteiger partial charge in [-0.1, -0.05) is 18.2 Å². The first-order valence-corrected chi connectivity index (χ1v) is 8.09. The van der Waals surface area contributed by atoms with Gasteiger partial charge in [-0.15, -0.1) is 0 Å². The molecule has 0 atom stereocenters. The molecule has 2 aromatic rings. The zero-order valence-electron chi connectivity index (χ0n) is 13.5. The highest BCUT2D eigenvalue weighted by atomic mass is 19.1. The third-order valence-electron chi connectivity index (χ3n) is 4.15. The van der Waals surface area contributed by atoms with Crippen LogP contribution in [0.2, 0.25) is 0 Å². The standard InChI is InChI=1S/C18H21FN4O/c19-17-5-3-15(4-6-17)14-22-8-10-23(11-9-22)18(24)21-13-16-2-1-7-20-12-16/h1-7,12H,8-11,13-14H2,(H,21,24). The second-order valence-corrected chi connectivity index (χ2v) is 5.91. The van der Waals surface area contributed by atoms with Crippen molar-refractivity contribution in [2.75, 3.05) is 26.2 Å². The van der Waals surface area contributed by atoms with Crippen LogP contribution >= 0.6 is 0 Å². The second kappa shape index (κ2) is 7.88. The molecule has 1 saturated heterocycles. The van der Waals surface area contributed by atoms with Gasteiger partial charge in [0.05, 0.1) is 0 Å². The molecule has 2 amide bonds. The molecular weight excluding hydrogens is 307 g/mol. The number of nitrogens with zero attached hydrogens (tertiary/aromatic N) is 3. The van der Waals surface area contributed by atoms with E-state index < -0.39 is 0 Å². The number of hydrogen-bond donors (Lipinski definition) is 1. The lowest BCUT2D eigenvalue weighted by atomic mass is 10.2. The Morgan fingerprint density at radius 1 is 1.08 bits per heavy atom. The van der Waals surface area contributed by atoms with Crippen molar-refractivity contribution in [1.29, 1.82) is 0 Å². The summed E-state index contributed by atoms with van der Waals surface area (Å²) in [6.45, 7) is 4.30. The number of benzene rings is 1. The van der Waals surface area contributed by atoms with E-state index in [1.807, 2.05) is 29.2 Å². The van der Waals surface area contributed by atoms with E-state index in [4.69, 9.17) is 0 Å². The Hall–Kier alpha value is -2.47. The molecule has 1 fully saturated rings. The third kappa shape index (κ3) is 4.52. The number of piperazine rings is 1. The van der Waals surface area contributed by atoms with Gasteiger partial charge in [0.2, 0.25) is 0 Å². The van der Waals surface area contributed by atoms with Crippen molar-refractivity contribution in [2.45, 2.75) is 13.1 Å². The summed E-state index contributed by atoms with van der Waals surface area (Å²) >= 11 is 0. The number of carbonyl (C=O) groups is 1. The highest BCUT2D eigenvalue weighted by Crippen LogP contribution is 2.10. The van der Waals surface area contributed by atoms with E-state index in [9.17, 15) is 9.18 Å². The summed E-state index contributed by atoms with van der Waals surface area (Å²) in [5.41, 5.74) is 2.08. The van der Waals surface area contributed by atoms with Gasteiger partial charge in [-0.3, -0.25) is 9.88 Å². The molecule has 1 aliphatic rings. The minimum atomic E-state index is -0.214. The predicted molar refractivity (Wildman–Crippen MR) is 89.7 cm³/mol. The number of hydrogen-bond acceptors (Lipinski definition) is 3. The van der Waals surface area contributed by atoms with Crippen LogP contribution in [0.25, 0.3) is 0 Å². The first-order chi connectivity index (χ1) is 11.7. The van der Waals surface area contributed by atoms with Crippen molar-refractivity contribution in [1.82, 2.24) is 20.1 Å². The van der Waals surface area contributed by atoms with E-state index in [1.165, 1.54) is 12.1 Å². The Balaban J connectivity index is 1.42. The van der Waals surface area contributed by atoms with E-state index >= 15 is 0 Å². The quantitative estimate of drug-likeness (QED) is 0.936. The van der Waals surface area contributed by atoms with Crippen LogP contribution in [0.4, 0.5) is 9.18 Å². The second-order valence-electron chi connectivity index (χ2n) is 5.91. The van der Waals surface area contributed by atoms with Gasteiger partial charge in [-0.05, 0) is 29.3 Å². The maximum absolute atomic E-state index is 12.9. The molecule has 6 heteroatoms. The Labute approximate surface area is 141 Å². The number of pyridine rings is 1. The summed E-state index contributed by atoms with van der Waals surface area (Å²) in [6, 6.07) is 10.3. The molecule has 2 heterocycles. The highest BCUT2D eigenvalue weighted by molar-refractivity contribution is 5.74. The molecule has 1 aromatic heterocycles. The largest absolute Gasteiger partial charge is 0.334 e. The zero-order chi connectivity index (χ0) is 16.8. The van der Waals surface area contributed by atoms with Crippen LogP contribution in [0.1, 0.15) is 11.1 Å². The first kappa shape index (κ1) is 16.4. The Bertz CT molecular complexity index is 654. The molecule has 3 rings (SSSR count). The smallest absolute Gasteiger partial charge is 0.317 e. The highest BCUT2D eigenvalue weighted by Gasteiger charge is 2.20. The molecule has 0 unspecified atom stereocenters. The summed E-state index contributed by atoms with van der Waals surface area (Å²) in [5.74, 6) is -0.214. The van der Waals surface area contributed by atoms with E-state index in [0.717, 1.165) is 30.8 Å². The van der Waals surface area contributed by atoms with Crippen molar-refractivity contribution >= 4 is 6.03 Å². The van der Waals surface area contributed by atoms with Crippen molar-refractivity contribution in [3.63, 3.8) is 0 Å². The van der Waals surface area contributed by atoms with Crippen LogP contribution in [0.15, 0.2) is 48.8 Å². The summed E-state index contributed by atoms with van der Waals surface area (Å²) in [6.07, 6.45) is 3.46. The number of urea groups is 1. The first-order valence-electron chi connectivity index (χ1n) is 8.09. The predicted octanol–water partition coefficient (Wildman–Crippen LogP) is 2.25. The maximum Gasteiger partial charge on any atom is 0.317 e. The molecule has 24 heavy (non-hydrogen) atoms. The number of carbonyl (C=O) groups excluding carboxylic acids is 1. The summed E-state index contributed by atoms with van der Waals surface area (Å²) in [4.78, 5) is 20.4. The summed E-state index contributed by atoms with van der Waals surface area (Å²) < 4.78 is 12.9. The minimum absolute atomic E-state index is 0.0414. The normalized spacial score (nSPS) is 15.3. The number of nitrogens with one attached hydrogen (secondary N) is 1. The Morgan fingerprint density at radius 3 is 2.50 bits per heavy atom. The van der Waals surface area contributed by atoms with Crippen LogP contribution in [0.5, 0.6) is 0 Å². The van der Waals surface area contributed by atoms with Gasteiger partial charge in [0, 0.05) is 51.7 Å².